The zero-order valence-corrected chi connectivity index (χ0v) is 10.3. The number of hydrogen-bond donors (Lipinski definition) is 3. The van der Waals surface area contributed by atoms with E-state index in [0.29, 0.717) is 0 Å². The molecule has 0 bridgehead atoms. The van der Waals surface area contributed by atoms with Crippen LogP contribution >= 0.6 is 12.6 Å². The van der Waals surface area contributed by atoms with Gasteiger partial charge in [-0.25, -0.2) is 9.97 Å². The summed E-state index contributed by atoms with van der Waals surface area (Å²) >= 11 is 4.41. The Morgan fingerprint density at radius 2 is 2.25 bits per heavy atom. The summed E-state index contributed by atoms with van der Waals surface area (Å²) in [5, 5.41) is 5.11. The van der Waals surface area contributed by atoms with E-state index in [0.717, 1.165) is 40.2 Å². The number of thiol groups is 1. The average Bonchev–Trinajstić information content (AvgIpc) is 2.62. The van der Waals surface area contributed by atoms with E-state index in [9.17, 15) is 0 Å². The second-order valence-corrected chi connectivity index (χ2v) is 3.96. The van der Waals surface area contributed by atoms with Crippen LogP contribution in [0, 0.1) is 0 Å². The van der Waals surface area contributed by atoms with Gasteiger partial charge in [0.2, 0.25) is 7.41 Å². The minimum absolute atomic E-state index is 0.837. The summed E-state index contributed by atoms with van der Waals surface area (Å²) in [5.74, 6) is 0.847. The zero-order chi connectivity index (χ0) is 11.5. The molecule has 6 heteroatoms. The predicted molar refractivity (Wildman–Crippen MR) is 70.4 cm³/mol. The number of anilines is 1. The highest BCUT2D eigenvalue weighted by Crippen LogP contribution is 2.28. The van der Waals surface area contributed by atoms with Gasteiger partial charge in [-0.05, 0) is 12.0 Å². The molecule has 0 aliphatic heterocycles. The maximum atomic E-state index is 4.41. The number of nitrogens with one attached hydrogen (secondary N) is 2. The lowest BCUT2D eigenvalue weighted by Crippen LogP contribution is -2.06. The molecule has 0 amide bonds. The Labute approximate surface area is 101 Å². The molecular weight excluding hydrogens is 219 g/mol. The highest BCUT2D eigenvalue weighted by atomic mass is 32.1. The third-order valence-corrected chi connectivity index (χ3v) is 2.85. The van der Waals surface area contributed by atoms with Gasteiger partial charge in [0, 0.05) is 0 Å². The number of fused-ring (bicyclic) bond motifs is 1. The summed E-state index contributed by atoms with van der Waals surface area (Å²) in [6, 6.07) is 0. The fraction of sp³-hybridized carbons (Fsp3) is 0.400. The summed E-state index contributed by atoms with van der Waals surface area (Å²) in [4.78, 5) is 11.6. The van der Waals surface area contributed by atoms with Crippen LogP contribution in [0.25, 0.3) is 11.0 Å². The predicted octanol–water partition coefficient (Wildman–Crippen LogP) is 2.28. The van der Waals surface area contributed by atoms with Crippen LogP contribution in [0.1, 0.15) is 19.4 Å². The van der Waals surface area contributed by atoms with Gasteiger partial charge >= 0.3 is 0 Å². The molecule has 0 fully saturated rings. The number of hydrogen-bond acceptors (Lipinski definition) is 4. The van der Waals surface area contributed by atoms with E-state index >= 15 is 0 Å². The van der Waals surface area contributed by atoms with Gasteiger partial charge in [0.05, 0.1) is 10.4 Å². The van der Waals surface area contributed by atoms with Crippen molar-refractivity contribution in [2.45, 2.75) is 31.6 Å². The maximum absolute atomic E-state index is 4.41. The van der Waals surface area contributed by atoms with Crippen LogP contribution < -0.4 is 5.23 Å². The Bertz CT molecular complexity index is 497. The molecule has 0 saturated heterocycles. The minimum atomic E-state index is 0.837. The quantitative estimate of drug-likeness (QED) is 0.561. The summed E-state index contributed by atoms with van der Waals surface area (Å²) in [5.41, 5.74) is 2.00. The van der Waals surface area contributed by atoms with Gasteiger partial charge < -0.3 is 10.2 Å². The van der Waals surface area contributed by atoms with Gasteiger partial charge in [-0.3, -0.25) is 0 Å². The Kier molecular flexibility index (Phi) is 3.38. The molecule has 16 heavy (non-hydrogen) atoms. The minimum Gasteiger partial charge on any atom is -0.416 e. The van der Waals surface area contributed by atoms with Crippen molar-refractivity contribution in [1.82, 2.24) is 15.0 Å². The Balaban J connectivity index is 2.55. The number of aromatic amines is 1. The van der Waals surface area contributed by atoms with Crippen LogP contribution in [-0.2, 0) is 6.42 Å². The molecule has 2 aromatic heterocycles. The van der Waals surface area contributed by atoms with Crippen molar-refractivity contribution in [3.05, 3.63) is 11.9 Å². The molecular formula is C10H14BN4S. The second kappa shape index (κ2) is 4.78. The van der Waals surface area contributed by atoms with Gasteiger partial charge in [-0.2, -0.15) is 0 Å². The van der Waals surface area contributed by atoms with E-state index in [4.69, 9.17) is 0 Å². The fourth-order valence-electron chi connectivity index (χ4n) is 1.72. The summed E-state index contributed by atoms with van der Waals surface area (Å²) in [7, 11) is 1.98. The van der Waals surface area contributed by atoms with Crippen molar-refractivity contribution in [2.75, 3.05) is 5.23 Å². The van der Waals surface area contributed by atoms with E-state index in [2.05, 4.69) is 46.7 Å². The molecule has 83 valence electrons. The zero-order valence-electron chi connectivity index (χ0n) is 9.41. The summed E-state index contributed by atoms with van der Waals surface area (Å²) in [6.45, 7) is 4.18. The Hall–Kier alpha value is -1.17. The molecule has 2 aromatic rings. The first-order chi connectivity index (χ1) is 7.77. The topological polar surface area (TPSA) is 53.6 Å². The molecule has 0 saturated carbocycles. The van der Waals surface area contributed by atoms with Crippen molar-refractivity contribution in [3.63, 3.8) is 0 Å². The fourth-order valence-corrected chi connectivity index (χ4v) is 2.10. The Morgan fingerprint density at radius 3 is 2.94 bits per heavy atom. The molecule has 1 radical (unpaired) electrons. The molecule has 4 nitrogen and oxygen atoms in total. The summed E-state index contributed by atoms with van der Waals surface area (Å²) < 4.78 is 0. The lowest BCUT2D eigenvalue weighted by atomic mass is 9.90. The number of nitrogens with zero attached hydrogens (tertiary/aromatic N) is 2. The SMILES string of the molecule is CC[B]Nc1ncnc2[nH]c(S)c(CC)c12. The maximum Gasteiger partial charge on any atom is 0.244 e. The van der Waals surface area contributed by atoms with Crippen molar-refractivity contribution < 1.29 is 0 Å². The number of aryl methyl sites for hydroxylation is 1. The monoisotopic (exact) mass is 233 g/mol. The molecule has 0 spiro atoms. The lowest BCUT2D eigenvalue weighted by Gasteiger charge is -2.05. The van der Waals surface area contributed by atoms with E-state index < -0.39 is 0 Å². The first-order valence-corrected chi connectivity index (χ1v) is 5.85. The second-order valence-electron chi connectivity index (χ2n) is 3.51. The molecule has 0 aliphatic carbocycles. The van der Waals surface area contributed by atoms with Crippen molar-refractivity contribution >= 4 is 36.9 Å². The normalized spacial score (nSPS) is 10.7. The van der Waals surface area contributed by atoms with Crippen LogP contribution in [0.3, 0.4) is 0 Å². The van der Waals surface area contributed by atoms with E-state index in [1.807, 2.05) is 7.41 Å². The summed E-state index contributed by atoms with van der Waals surface area (Å²) in [6.07, 6.45) is 3.41. The van der Waals surface area contributed by atoms with Gasteiger partial charge in [0.25, 0.3) is 0 Å². The standard InChI is InChI=1S/C10H14BN4S/c1-3-6-7-8(14-10(6)16)12-5-13-9(7)15-11-4-2/h5,16H,3-4H2,1-2H3,(H2,12,13,14,15). The molecule has 0 aromatic carbocycles. The van der Waals surface area contributed by atoms with Gasteiger partial charge in [0.15, 0.2) is 0 Å². The van der Waals surface area contributed by atoms with Gasteiger partial charge in [0.1, 0.15) is 17.8 Å². The van der Waals surface area contributed by atoms with Crippen molar-refractivity contribution in [3.8, 4) is 0 Å². The van der Waals surface area contributed by atoms with Crippen LogP contribution in [0.15, 0.2) is 11.4 Å². The molecule has 0 unspecified atom stereocenters. The van der Waals surface area contributed by atoms with Crippen LogP contribution in [0.5, 0.6) is 0 Å². The smallest absolute Gasteiger partial charge is 0.244 e. The Morgan fingerprint density at radius 1 is 1.44 bits per heavy atom. The van der Waals surface area contributed by atoms with Crippen molar-refractivity contribution in [2.24, 2.45) is 0 Å². The highest BCUT2D eigenvalue weighted by molar-refractivity contribution is 7.80. The van der Waals surface area contributed by atoms with E-state index in [-0.39, 0.29) is 0 Å². The van der Waals surface area contributed by atoms with Gasteiger partial charge in [-0.15, -0.1) is 12.6 Å². The van der Waals surface area contributed by atoms with E-state index in [1.54, 1.807) is 6.33 Å². The average molecular weight is 233 g/mol. The molecule has 2 heterocycles. The third kappa shape index (κ3) is 1.89. The largest absolute Gasteiger partial charge is 0.416 e. The third-order valence-electron chi connectivity index (χ3n) is 2.47. The van der Waals surface area contributed by atoms with Crippen molar-refractivity contribution in [1.29, 1.82) is 0 Å². The number of H-pyrrole nitrogens is 1. The van der Waals surface area contributed by atoms with Crippen LogP contribution in [0.2, 0.25) is 6.32 Å². The molecule has 2 rings (SSSR count). The molecule has 0 aliphatic rings. The first-order valence-electron chi connectivity index (χ1n) is 5.40. The highest BCUT2D eigenvalue weighted by Gasteiger charge is 2.12. The molecule has 0 atom stereocenters. The number of rotatable bonds is 4. The first kappa shape index (κ1) is 11.3. The lowest BCUT2D eigenvalue weighted by molar-refractivity contribution is 1.07. The van der Waals surface area contributed by atoms with Crippen LogP contribution in [0.4, 0.5) is 5.82 Å². The molecule has 2 N–H and O–H groups in total. The van der Waals surface area contributed by atoms with Crippen LogP contribution in [-0.4, -0.2) is 22.4 Å². The number of aromatic nitrogens is 3. The van der Waals surface area contributed by atoms with E-state index in [1.165, 1.54) is 0 Å². The van der Waals surface area contributed by atoms with Gasteiger partial charge in [-0.1, -0.05) is 20.2 Å².